The molecule has 0 spiro atoms. The molecule has 0 saturated heterocycles. The van der Waals surface area contributed by atoms with Crippen molar-refractivity contribution in [3.05, 3.63) is 41.6 Å². The predicted molar refractivity (Wildman–Crippen MR) is 89.3 cm³/mol. The first-order valence-electron chi connectivity index (χ1n) is 8.15. The Labute approximate surface area is 140 Å². The third-order valence-corrected chi connectivity index (χ3v) is 4.05. The van der Waals surface area contributed by atoms with Crippen LogP contribution in [0.15, 0.2) is 34.9 Å². The molecule has 0 aliphatic heterocycles. The quantitative estimate of drug-likeness (QED) is 0.852. The second-order valence-corrected chi connectivity index (χ2v) is 6.33. The van der Waals surface area contributed by atoms with Crippen molar-refractivity contribution in [1.29, 1.82) is 0 Å². The average molecular weight is 327 g/mol. The number of carbonyl (C=O) groups is 2. The number of hydrogen-bond acceptors (Lipinski definition) is 4. The molecule has 2 amide bonds. The zero-order valence-corrected chi connectivity index (χ0v) is 13.8. The molecule has 6 heteroatoms. The van der Waals surface area contributed by atoms with Crippen molar-refractivity contribution in [1.82, 2.24) is 15.8 Å². The molecule has 0 bridgehead atoms. The topological polar surface area (TPSA) is 84.2 Å². The fourth-order valence-corrected chi connectivity index (χ4v) is 2.37. The Morgan fingerprint density at radius 3 is 2.83 bits per heavy atom. The third-order valence-electron chi connectivity index (χ3n) is 4.05. The summed E-state index contributed by atoms with van der Waals surface area (Å²) < 4.78 is 5.24. The van der Waals surface area contributed by atoms with Gasteiger partial charge in [0.15, 0.2) is 11.5 Å². The molecule has 1 aromatic carbocycles. The van der Waals surface area contributed by atoms with Gasteiger partial charge in [-0.25, -0.2) is 0 Å². The van der Waals surface area contributed by atoms with Gasteiger partial charge in [0.2, 0.25) is 5.91 Å². The van der Waals surface area contributed by atoms with Crippen LogP contribution in [0.2, 0.25) is 0 Å². The van der Waals surface area contributed by atoms with Gasteiger partial charge in [0.05, 0.1) is 0 Å². The van der Waals surface area contributed by atoms with Crippen molar-refractivity contribution in [2.75, 3.05) is 6.54 Å². The summed E-state index contributed by atoms with van der Waals surface area (Å²) in [5.41, 5.74) is 2.11. The van der Waals surface area contributed by atoms with Gasteiger partial charge in [-0.05, 0) is 38.7 Å². The maximum Gasteiger partial charge on any atom is 0.274 e. The molecule has 2 aromatic rings. The molecule has 1 aliphatic rings. The molecule has 0 radical (unpaired) electrons. The zero-order chi connectivity index (χ0) is 17.1. The Hall–Kier alpha value is -2.63. The van der Waals surface area contributed by atoms with Crippen LogP contribution in [-0.2, 0) is 4.79 Å². The number of amides is 2. The summed E-state index contributed by atoms with van der Waals surface area (Å²) in [5.74, 6) is 0.517. The summed E-state index contributed by atoms with van der Waals surface area (Å²) in [6.45, 7) is 4.32. The van der Waals surface area contributed by atoms with E-state index in [0.29, 0.717) is 18.2 Å². The van der Waals surface area contributed by atoms with Gasteiger partial charge in [-0.2, -0.15) is 0 Å². The van der Waals surface area contributed by atoms with Gasteiger partial charge < -0.3 is 15.2 Å². The molecule has 126 valence electrons. The summed E-state index contributed by atoms with van der Waals surface area (Å²) >= 11 is 0. The van der Waals surface area contributed by atoms with Crippen LogP contribution in [-0.4, -0.2) is 29.6 Å². The molecule has 1 atom stereocenters. The van der Waals surface area contributed by atoms with Gasteiger partial charge in [0.25, 0.3) is 5.91 Å². The number of nitrogens with one attached hydrogen (secondary N) is 2. The third kappa shape index (κ3) is 4.01. The lowest BCUT2D eigenvalue weighted by Gasteiger charge is -2.12. The highest BCUT2D eigenvalue weighted by atomic mass is 16.5. The van der Waals surface area contributed by atoms with Gasteiger partial charge in [-0.1, -0.05) is 28.9 Å². The van der Waals surface area contributed by atoms with E-state index in [1.54, 1.807) is 13.0 Å². The minimum absolute atomic E-state index is 0.161. The van der Waals surface area contributed by atoms with E-state index in [2.05, 4.69) is 15.8 Å². The Kier molecular flexibility index (Phi) is 4.64. The minimum atomic E-state index is -0.615. The number of hydrogen-bond donors (Lipinski definition) is 2. The van der Waals surface area contributed by atoms with Crippen molar-refractivity contribution < 1.29 is 14.1 Å². The molecular weight excluding hydrogens is 306 g/mol. The highest BCUT2D eigenvalue weighted by Gasteiger charge is 2.24. The predicted octanol–water partition coefficient (Wildman–Crippen LogP) is 2.29. The minimum Gasteiger partial charge on any atom is -0.355 e. The second-order valence-electron chi connectivity index (χ2n) is 6.33. The molecule has 2 N–H and O–H groups in total. The number of benzene rings is 1. The normalized spacial score (nSPS) is 14.9. The summed E-state index contributed by atoms with van der Waals surface area (Å²) in [6, 6.07) is 8.71. The Bertz CT molecular complexity index is 749. The Morgan fingerprint density at radius 1 is 1.33 bits per heavy atom. The monoisotopic (exact) mass is 327 g/mol. The fourth-order valence-electron chi connectivity index (χ4n) is 2.37. The average Bonchev–Trinajstić information content (AvgIpc) is 3.26. The molecule has 1 saturated carbocycles. The lowest BCUT2D eigenvalue weighted by atomic mass is 10.1. The molecule has 24 heavy (non-hydrogen) atoms. The van der Waals surface area contributed by atoms with Crippen molar-refractivity contribution >= 4 is 11.8 Å². The van der Waals surface area contributed by atoms with Crippen molar-refractivity contribution in [3.63, 3.8) is 0 Å². The van der Waals surface area contributed by atoms with E-state index in [1.165, 1.54) is 12.8 Å². The van der Waals surface area contributed by atoms with Crippen LogP contribution in [0.4, 0.5) is 0 Å². The first-order valence-corrected chi connectivity index (χ1v) is 8.15. The molecule has 1 heterocycles. The Balaban J connectivity index is 1.59. The molecule has 6 nitrogen and oxygen atoms in total. The van der Waals surface area contributed by atoms with Crippen molar-refractivity contribution in [3.8, 4) is 11.3 Å². The summed E-state index contributed by atoms with van der Waals surface area (Å²) in [6.07, 6.45) is 2.34. The standard InChI is InChI=1S/C18H21N3O3/c1-11-4-3-5-14(8-11)16-9-15(21-24-16)18(23)20-12(2)17(22)19-10-13-6-7-13/h3-5,8-9,12-13H,6-7,10H2,1-2H3,(H,19,22)(H,20,23). The lowest BCUT2D eigenvalue weighted by Crippen LogP contribution is -2.45. The van der Waals surface area contributed by atoms with Gasteiger partial charge >= 0.3 is 0 Å². The van der Waals surface area contributed by atoms with Crippen LogP contribution in [0.5, 0.6) is 0 Å². The summed E-state index contributed by atoms with van der Waals surface area (Å²) in [7, 11) is 0. The van der Waals surface area contributed by atoms with Gasteiger partial charge in [-0.3, -0.25) is 9.59 Å². The van der Waals surface area contributed by atoms with Gasteiger partial charge in [0, 0.05) is 18.2 Å². The maximum atomic E-state index is 12.2. The van der Waals surface area contributed by atoms with Crippen LogP contribution in [0.1, 0.15) is 35.8 Å². The smallest absolute Gasteiger partial charge is 0.274 e. The van der Waals surface area contributed by atoms with Gasteiger partial charge in [0.1, 0.15) is 6.04 Å². The van der Waals surface area contributed by atoms with Crippen LogP contribution in [0.3, 0.4) is 0 Å². The highest BCUT2D eigenvalue weighted by Crippen LogP contribution is 2.27. The van der Waals surface area contributed by atoms with Crippen LogP contribution >= 0.6 is 0 Å². The molecule has 1 unspecified atom stereocenters. The Morgan fingerprint density at radius 2 is 2.12 bits per heavy atom. The number of aryl methyl sites for hydroxylation is 1. The van der Waals surface area contributed by atoms with Gasteiger partial charge in [-0.15, -0.1) is 0 Å². The molecule has 1 fully saturated rings. The van der Waals surface area contributed by atoms with E-state index in [4.69, 9.17) is 4.52 Å². The van der Waals surface area contributed by atoms with E-state index in [-0.39, 0.29) is 11.6 Å². The lowest BCUT2D eigenvalue weighted by molar-refractivity contribution is -0.122. The van der Waals surface area contributed by atoms with Crippen molar-refractivity contribution in [2.24, 2.45) is 5.92 Å². The van der Waals surface area contributed by atoms with Crippen LogP contribution in [0, 0.1) is 12.8 Å². The molecule has 3 rings (SSSR count). The molecular formula is C18H21N3O3. The molecule has 1 aromatic heterocycles. The summed E-state index contributed by atoms with van der Waals surface area (Å²) in [4.78, 5) is 24.1. The van der Waals surface area contributed by atoms with Crippen LogP contribution < -0.4 is 10.6 Å². The number of aromatic nitrogens is 1. The van der Waals surface area contributed by atoms with E-state index in [9.17, 15) is 9.59 Å². The van der Waals surface area contributed by atoms with E-state index >= 15 is 0 Å². The van der Waals surface area contributed by atoms with Crippen LogP contribution in [0.25, 0.3) is 11.3 Å². The number of nitrogens with zero attached hydrogens (tertiary/aromatic N) is 1. The molecule has 1 aliphatic carbocycles. The number of rotatable bonds is 6. The van der Waals surface area contributed by atoms with E-state index in [0.717, 1.165) is 11.1 Å². The van der Waals surface area contributed by atoms with E-state index < -0.39 is 11.9 Å². The van der Waals surface area contributed by atoms with Crippen molar-refractivity contribution in [2.45, 2.75) is 32.7 Å². The van der Waals surface area contributed by atoms with E-state index in [1.807, 2.05) is 31.2 Å². The first-order chi connectivity index (χ1) is 11.5. The summed E-state index contributed by atoms with van der Waals surface area (Å²) in [5, 5.41) is 9.28. The largest absolute Gasteiger partial charge is 0.355 e. The fraction of sp³-hybridized carbons (Fsp3) is 0.389. The number of carbonyl (C=O) groups excluding carboxylic acids is 2. The zero-order valence-electron chi connectivity index (χ0n) is 13.8. The second kappa shape index (κ2) is 6.86. The maximum absolute atomic E-state index is 12.2. The first kappa shape index (κ1) is 16.2. The SMILES string of the molecule is Cc1cccc(-c2cc(C(=O)NC(C)C(=O)NCC3CC3)no2)c1. The highest BCUT2D eigenvalue weighted by molar-refractivity contribution is 5.96.